The second-order valence-electron chi connectivity index (χ2n) is 12.6. The Hall–Kier alpha value is -5.15. The molecule has 0 radical (unpaired) electrons. The summed E-state index contributed by atoms with van der Waals surface area (Å²) in [6.07, 6.45) is 1.35. The van der Waals surface area contributed by atoms with Gasteiger partial charge in [-0.15, -0.1) is 0 Å². The van der Waals surface area contributed by atoms with Crippen molar-refractivity contribution in [1.29, 1.82) is 0 Å². The third kappa shape index (κ3) is 6.15. The number of carbonyl (C=O) groups is 2. The molecule has 4 aromatic heterocycles. The second kappa shape index (κ2) is 11.8. The highest BCUT2D eigenvalue weighted by molar-refractivity contribution is 6.30. The molecule has 0 unspecified atom stereocenters. The Morgan fingerprint density at radius 3 is 2.49 bits per heavy atom. The van der Waals surface area contributed by atoms with Gasteiger partial charge < -0.3 is 15.6 Å². The van der Waals surface area contributed by atoms with E-state index < -0.39 is 29.3 Å². The number of pyridine rings is 2. The Morgan fingerprint density at radius 1 is 1.12 bits per heavy atom. The van der Waals surface area contributed by atoms with Crippen LogP contribution in [0.15, 0.2) is 48.9 Å². The predicted octanol–water partition coefficient (Wildman–Crippen LogP) is 4.92. The zero-order valence-electron chi connectivity index (χ0n) is 26.1. The number of primary amides is 1. The molecule has 5 heterocycles. The number of alkyl halides is 2. The number of hydrogen-bond donors (Lipinski definition) is 2. The highest BCUT2D eigenvalue weighted by Gasteiger charge is 2.51. The third-order valence-electron chi connectivity index (χ3n) is 8.31. The van der Waals surface area contributed by atoms with Crippen molar-refractivity contribution in [2.75, 3.05) is 4.90 Å². The average molecular weight is 693 g/mol. The summed E-state index contributed by atoms with van der Waals surface area (Å²) in [4.78, 5) is 44.1. The molecule has 49 heavy (non-hydrogen) atoms. The first-order chi connectivity index (χ1) is 23.2. The van der Waals surface area contributed by atoms with Crippen LogP contribution in [0.2, 0.25) is 5.02 Å². The Balaban J connectivity index is 1.46. The van der Waals surface area contributed by atoms with Crippen LogP contribution in [0.5, 0.6) is 5.75 Å². The van der Waals surface area contributed by atoms with Gasteiger partial charge in [0.05, 0.1) is 52.0 Å². The van der Waals surface area contributed by atoms with Gasteiger partial charge in [-0.2, -0.15) is 13.9 Å². The van der Waals surface area contributed by atoms with Crippen molar-refractivity contribution in [3.05, 3.63) is 88.2 Å². The molecule has 252 valence electrons. The van der Waals surface area contributed by atoms with Crippen LogP contribution < -0.4 is 15.4 Å². The lowest BCUT2D eigenvalue weighted by atomic mass is 9.89. The van der Waals surface area contributed by atoms with Crippen LogP contribution in [0.4, 0.5) is 18.9 Å². The molecule has 1 aliphatic heterocycles. The summed E-state index contributed by atoms with van der Waals surface area (Å²) in [6, 6.07) is 7.29. The van der Waals surface area contributed by atoms with E-state index >= 15 is 8.78 Å². The van der Waals surface area contributed by atoms with Crippen molar-refractivity contribution in [3.63, 3.8) is 0 Å². The Labute approximate surface area is 281 Å². The number of halogens is 4. The highest BCUT2D eigenvalue weighted by Crippen LogP contribution is 2.46. The number of anilines is 1. The smallest absolute Gasteiger partial charge is 0.423 e. The van der Waals surface area contributed by atoms with E-state index in [9.17, 15) is 19.1 Å². The van der Waals surface area contributed by atoms with Crippen LogP contribution in [0.1, 0.15) is 60.0 Å². The minimum absolute atomic E-state index is 0.0308. The van der Waals surface area contributed by atoms with Crippen LogP contribution in [0.3, 0.4) is 0 Å². The molecule has 1 aliphatic carbocycles. The van der Waals surface area contributed by atoms with Gasteiger partial charge in [-0.1, -0.05) is 17.7 Å². The highest BCUT2D eigenvalue weighted by atomic mass is 35.5. The van der Waals surface area contributed by atoms with E-state index in [0.717, 1.165) is 30.1 Å². The monoisotopic (exact) mass is 692 g/mol. The molecular formula is C33H28ClF3N8O4. The van der Waals surface area contributed by atoms with Crippen molar-refractivity contribution in [1.82, 2.24) is 29.7 Å². The Kier molecular flexibility index (Phi) is 7.78. The van der Waals surface area contributed by atoms with Gasteiger partial charge in [0.25, 0.3) is 5.91 Å². The predicted molar refractivity (Wildman–Crippen MR) is 170 cm³/mol. The molecular weight excluding hydrogens is 665 g/mol. The van der Waals surface area contributed by atoms with Crippen molar-refractivity contribution in [2.45, 2.75) is 57.9 Å². The zero-order valence-corrected chi connectivity index (χ0v) is 26.9. The van der Waals surface area contributed by atoms with Gasteiger partial charge in [-0.3, -0.25) is 19.5 Å². The first-order valence-electron chi connectivity index (χ1n) is 15.3. The molecule has 0 saturated heterocycles. The molecule has 0 atom stereocenters. The fourth-order valence-corrected chi connectivity index (χ4v) is 5.99. The van der Waals surface area contributed by atoms with Crippen molar-refractivity contribution in [2.24, 2.45) is 11.7 Å². The quantitative estimate of drug-likeness (QED) is 0.218. The average Bonchev–Trinajstić information content (AvgIpc) is 3.78. The van der Waals surface area contributed by atoms with Gasteiger partial charge in [0.15, 0.2) is 17.2 Å². The third-order valence-corrected chi connectivity index (χ3v) is 8.53. The van der Waals surface area contributed by atoms with Crippen LogP contribution in [-0.2, 0) is 29.9 Å². The van der Waals surface area contributed by atoms with E-state index in [1.54, 1.807) is 0 Å². The van der Waals surface area contributed by atoms with Crippen molar-refractivity contribution in [3.8, 4) is 16.9 Å². The first-order valence-corrected chi connectivity index (χ1v) is 15.6. The SMILES string of the molecule is CC(C)(O)c1nn(Cc2ncc(F)cn2)c2nc(CC3CC3)c(C(N)=O)c(-c3ccc4c(c3)OC(F)(F)C(=O)N4Cc3ccc(Cl)cn3)c12. The van der Waals surface area contributed by atoms with Gasteiger partial charge in [0.1, 0.15) is 23.7 Å². The number of amides is 2. The van der Waals surface area contributed by atoms with Crippen LogP contribution >= 0.6 is 11.6 Å². The van der Waals surface area contributed by atoms with Gasteiger partial charge >= 0.3 is 12.0 Å². The number of aliphatic hydroxyl groups is 1. The van der Waals surface area contributed by atoms with E-state index in [0.29, 0.717) is 22.8 Å². The Bertz CT molecular complexity index is 2130. The van der Waals surface area contributed by atoms with Gasteiger partial charge in [0, 0.05) is 11.8 Å². The fraction of sp³-hybridized carbons (Fsp3) is 0.303. The number of rotatable bonds is 9. The maximum atomic E-state index is 15.1. The number of carbonyl (C=O) groups excluding carboxylic acids is 2. The largest absolute Gasteiger partial charge is 0.482 e. The standard InChI is InChI=1S/C33H28ClF3N8O4/c1-32(2,48)28-27-25(17-5-8-22-23(10-17)49-33(36,37)31(47)44(22)14-20-7-6-18(34)11-39-20)26(29(38)46)21(9-16-3-4-16)42-30(27)45(43-28)15-24-40-12-19(35)13-41-24/h5-8,10-13,16,48H,3-4,9,14-15H2,1-2H3,(H2,38,46). The van der Waals surface area contributed by atoms with Crippen LogP contribution in [0, 0.1) is 11.7 Å². The molecule has 2 aliphatic rings. The molecule has 2 amide bonds. The molecule has 1 saturated carbocycles. The van der Waals surface area contributed by atoms with Gasteiger partial charge in [-0.05, 0) is 68.9 Å². The van der Waals surface area contributed by atoms with E-state index in [-0.39, 0.29) is 69.7 Å². The minimum Gasteiger partial charge on any atom is -0.423 e. The topological polar surface area (TPSA) is 162 Å². The summed E-state index contributed by atoms with van der Waals surface area (Å²) in [5.74, 6) is -2.96. The summed E-state index contributed by atoms with van der Waals surface area (Å²) >= 11 is 5.93. The number of hydrogen-bond acceptors (Lipinski definition) is 9. The molecule has 7 rings (SSSR count). The molecule has 5 aromatic rings. The van der Waals surface area contributed by atoms with E-state index in [2.05, 4.69) is 20.1 Å². The number of aromatic nitrogens is 6. The van der Waals surface area contributed by atoms with Crippen molar-refractivity contribution >= 4 is 40.1 Å². The molecule has 1 aromatic carbocycles. The molecule has 0 spiro atoms. The summed E-state index contributed by atoms with van der Waals surface area (Å²) < 4.78 is 50.3. The minimum atomic E-state index is -4.23. The van der Waals surface area contributed by atoms with Crippen LogP contribution in [0.25, 0.3) is 22.2 Å². The second-order valence-corrected chi connectivity index (χ2v) is 13.0. The fourth-order valence-electron chi connectivity index (χ4n) is 5.88. The summed E-state index contributed by atoms with van der Waals surface area (Å²) in [6.45, 7) is 2.60. The molecule has 0 bridgehead atoms. The normalized spacial score (nSPS) is 15.7. The number of nitrogens with two attached hydrogens (primary N) is 1. The van der Waals surface area contributed by atoms with E-state index in [4.69, 9.17) is 27.1 Å². The molecule has 12 nitrogen and oxygen atoms in total. The molecule has 1 fully saturated rings. The zero-order chi connectivity index (χ0) is 34.8. The maximum absolute atomic E-state index is 15.1. The van der Waals surface area contributed by atoms with E-state index in [1.165, 1.54) is 55.1 Å². The lowest BCUT2D eigenvalue weighted by Gasteiger charge is -2.33. The number of benzene rings is 1. The summed E-state index contributed by atoms with van der Waals surface area (Å²) in [5.41, 5.74) is 5.87. The molecule has 3 N–H and O–H groups in total. The molecule has 16 heteroatoms. The first kappa shape index (κ1) is 32.4. The lowest BCUT2D eigenvalue weighted by Crippen LogP contribution is -2.50. The number of ether oxygens (including phenoxy) is 1. The number of fused-ring (bicyclic) bond motifs is 2. The van der Waals surface area contributed by atoms with Crippen LogP contribution in [-0.4, -0.2) is 52.7 Å². The summed E-state index contributed by atoms with van der Waals surface area (Å²) in [5, 5.41) is 16.5. The number of nitrogens with zero attached hydrogens (tertiary/aromatic N) is 7. The van der Waals surface area contributed by atoms with Gasteiger partial charge in [0.2, 0.25) is 0 Å². The Morgan fingerprint density at radius 2 is 1.86 bits per heavy atom. The maximum Gasteiger partial charge on any atom is 0.482 e. The van der Waals surface area contributed by atoms with Crippen molar-refractivity contribution < 1.29 is 32.6 Å². The lowest BCUT2D eigenvalue weighted by molar-refractivity contribution is -0.193. The van der Waals surface area contributed by atoms with E-state index in [1.807, 2.05) is 0 Å². The van der Waals surface area contributed by atoms with Gasteiger partial charge in [-0.25, -0.2) is 24.0 Å². The summed E-state index contributed by atoms with van der Waals surface area (Å²) in [7, 11) is 0.